The van der Waals surface area contributed by atoms with Gasteiger partial charge in [0.2, 0.25) is 10.0 Å². The first-order chi connectivity index (χ1) is 11.0. The molecule has 2 heterocycles. The normalized spacial score (nSPS) is 16.5. The van der Waals surface area contributed by atoms with Gasteiger partial charge in [0.05, 0.1) is 4.90 Å². The number of carbonyl (C=O) groups excluding carboxylic acids is 1. The Kier molecular flexibility index (Phi) is 4.23. The SMILES string of the molecule is Cc1ccc(C(=O)N2CCN(S(=O)(=O)c3ccccc3)CC2)o1. The highest BCUT2D eigenvalue weighted by Gasteiger charge is 2.30. The minimum atomic E-state index is -3.50. The molecule has 1 saturated heterocycles. The number of benzene rings is 1. The molecule has 0 saturated carbocycles. The summed E-state index contributed by atoms with van der Waals surface area (Å²) in [5, 5.41) is 0. The number of amides is 1. The van der Waals surface area contributed by atoms with Gasteiger partial charge in [0.15, 0.2) is 5.76 Å². The number of hydrogen-bond donors (Lipinski definition) is 0. The second kappa shape index (κ2) is 6.17. The molecule has 0 atom stereocenters. The Morgan fingerprint density at radius 1 is 1.00 bits per heavy atom. The van der Waals surface area contributed by atoms with E-state index >= 15 is 0 Å². The molecule has 0 bridgehead atoms. The van der Waals surface area contributed by atoms with Crippen molar-refractivity contribution >= 4 is 15.9 Å². The molecule has 1 aliphatic heterocycles. The fraction of sp³-hybridized carbons (Fsp3) is 0.312. The lowest BCUT2D eigenvalue weighted by Crippen LogP contribution is -2.50. The average Bonchev–Trinajstić information content (AvgIpc) is 3.01. The number of nitrogens with zero attached hydrogens (tertiary/aromatic N) is 2. The second-order valence-electron chi connectivity index (χ2n) is 5.42. The number of aryl methyl sites for hydroxylation is 1. The summed E-state index contributed by atoms with van der Waals surface area (Å²) in [5.74, 6) is 0.773. The van der Waals surface area contributed by atoms with Gasteiger partial charge in [0, 0.05) is 26.2 Å². The average molecular weight is 334 g/mol. The maximum absolute atomic E-state index is 12.5. The van der Waals surface area contributed by atoms with E-state index < -0.39 is 10.0 Å². The Bertz CT molecular complexity index is 790. The van der Waals surface area contributed by atoms with Crippen LogP contribution in [-0.4, -0.2) is 49.7 Å². The van der Waals surface area contributed by atoms with Gasteiger partial charge in [-0.05, 0) is 31.2 Å². The first-order valence-corrected chi connectivity index (χ1v) is 8.83. The molecule has 23 heavy (non-hydrogen) atoms. The van der Waals surface area contributed by atoms with Gasteiger partial charge in [-0.1, -0.05) is 18.2 Å². The second-order valence-corrected chi connectivity index (χ2v) is 7.36. The smallest absolute Gasteiger partial charge is 0.289 e. The van der Waals surface area contributed by atoms with Gasteiger partial charge in [-0.2, -0.15) is 4.31 Å². The molecule has 0 unspecified atom stereocenters. The molecule has 0 N–H and O–H groups in total. The minimum absolute atomic E-state index is 0.199. The van der Waals surface area contributed by atoms with Crippen LogP contribution in [0.25, 0.3) is 0 Å². The quantitative estimate of drug-likeness (QED) is 0.857. The maximum atomic E-state index is 12.5. The van der Waals surface area contributed by atoms with E-state index in [9.17, 15) is 13.2 Å². The van der Waals surface area contributed by atoms with Crippen LogP contribution in [0.4, 0.5) is 0 Å². The molecule has 1 aliphatic rings. The van der Waals surface area contributed by atoms with Gasteiger partial charge in [-0.3, -0.25) is 4.79 Å². The van der Waals surface area contributed by atoms with Crippen LogP contribution in [0.1, 0.15) is 16.3 Å². The van der Waals surface area contributed by atoms with Gasteiger partial charge in [-0.15, -0.1) is 0 Å². The van der Waals surface area contributed by atoms with Crippen LogP contribution in [0, 0.1) is 6.92 Å². The third kappa shape index (κ3) is 3.16. The molecular formula is C16H18N2O4S. The zero-order chi connectivity index (χ0) is 16.4. The Hall–Kier alpha value is -2.12. The van der Waals surface area contributed by atoms with Gasteiger partial charge in [0.1, 0.15) is 5.76 Å². The van der Waals surface area contributed by atoms with Crippen molar-refractivity contribution in [2.45, 2.75) is 11.8 Å². The molecule has 3 rings (SSSR count). The van der Waals surface area contributed by atoms with Crippen molar-refractivity contribution in [2.24, 2.45) is 0 Å². The van der Waals surface area contributed by atoms with Crippen molar-refractivity contribution in [1.82, 2.24) is 9.21 Å². The molecule has 0 spiro atoms. The first-order valence-electron chi connectivity index (χ1n) is 7.39. The molecular weight excluding hydrogens is 316 g/mol. The van der Waals surface area contributed by atoms with E-state index in [2.05, 4.69) is 0 Å². The van der Waals surface area contributed by atoms with Crippen molar-refractivity contribution in [3.05, 3.63) is 54.0 Å². The number of furan rings is 1. The van der Waals surface area contributed by atoms with Crippen LogP contribution in [-0.2, 0) is 10.0 Å². The lowest BCUT2D eigenvalue weighted by Gasteiger charge is -2.33. The summed E-state index contributed by atoms with van der Waals surface area (Å²) in [4.78, 5) is 14.2. The van der Waals surface area contributed by atoms with Crippen LogP contribution in [0.3, 0.4) is 0 Å². The van der Waals surface area contributed by atoms with Crippen molar-refractivity contribution in [3.8, 4) is 0 Å². The Labute approximate surface area is 135 Å². The van der Waals surface area contributed by atoms with Crippen LogP contribution in [0.2, 0.25) is 0 Å². The molecule has 7 heteroatoms. The molecule has 0 radical (unpaired) electrons. The van der Waals surface area contributed by atoms with E-state index in [0.717, 1.165) is 0 Å². The molecule has 6 nitrogen and oxygen atoms in total. The Morgan fingerprint density at radius 2 is 1.65 bits per heavy atom. The summed E-state index contributed by atoms with van der Waals surface area (Å²) in [6, 6.07) is 11.7. The number of hydrogen-bond acceptors (Lipinski definition) is 4. The molecule has 1 aromatic heterocycles. The molecule has 0 aliphatic carbocycles. The van der Waals surface area contributed by atoms with Crippen LogP contribution in [0.5, 0.6) is 0 Å². The number of sulfonamides is 1. The summed E-state index contributed by atoms with van der Waals surface area (Å²) in [6.45, 7) is 3.04. The van der Waals surface area contributed by atoms with Crippen molar-refractivity contribution < 1.29 is 17.6 Å². The third-order valence-corrected chi connectivity index (χ3v) is 5.77. The Balaban J connectivity index is 1.68. The number of carbonyl (C=O) groups is 1. The van der Waals surface area contributed by atoms with E-state index in [1.165, 1.54) is 4.31 Å². The van der Waals surface area contributed by atoms with E-state index in [1.807, 2.05) is 0 Å². The summed E-state index contributed by atoms with van der Waals surface area (Å²) in [5.41, 5.74) is 0. The minimum Gasteiger partial charge on any atom is -0.456 e. The molecule has 1 amide bonds. The predicted octanol–water partition coefficient (Wildman–Crippen LogP) is 1.73. The van der Waals surface area contributed by atoms with Gasteiger partial charge >= 0.3 is 0 Å². The molecule has 2 aromatic rings. The van der Waals surface area contributed by atoms with Gasteiger partial charge in [-0.25, -0.2) is 8.42 Å². The largest absolute Gasteiger partial charge is 0.456 e. The van der Waals surface area contributed by atoms with Crippen molar-refractivity contribution in [1.29, 1.82) is 0 Å². The highest BCUT2D eigenvalue weighted by Crippen LogP contribution is 2.18. The molecule has 1 fully saturated rings. The zero-order valence-electron chi connectivity index (χ0n) is 12.8. The van der Waals surface area contributed by atoms with Gasteiger partial charge < -0.3 is 9.32 Å². The fourth-order valence-corrected chi connectivity index (χ4v) is 4.02. The predicted molar refractivity (Wildman–Crippen MR) is 84.5 cm³/mol. The monoisotopic (exact) mass is 334 g/mol. The third-order valence-electron chi connectivity index (χ3n) is 3.86. The summed E-state index contributed by atoms with van der Waals surface area (Å²) >= 11 is 0. The maximum Gasteiger partial charge on any atom is 0.289 e. The number of rotatable bonds is 3. The molecule has 1 aromatic carbocycles. The standard InChI is InChI=1S/C16H18N2O4S/c1-13-7-8-15(22-13)16(19)17-9-11-18(12-10-17)23(20,21)14-5-3-2-4-6-14/h2-8H,9-12H2,1H3. The lowest BCUT2D eigenvalue weighted by atomic mass is 10.3. The van der Waals surface area contributed by atoms with Crippen molar-refractivity contribution in [2.75, 3.05) is 26.2 Å². The zero-order valence-corrected chi connectivity index (χ0v) is 13.6. The van der Waals surface area contributed by atoms with E-state index in [0.29, 0.717) is 24.6 Å². The van der Waals surface area contributed by atoms with Crippen LogP contribution in [0.15, 0.2) is 51.8 Å². The van der Waals surface area contributed by atoms with E-state index in [-0.39, 0.29) is 23.9 Å². The fourth-order valence-electron chi connectivity index (χ4n) is 2.58. The summed E-state index contributed by atoms with van der Waals surface area (Å²) in [7, 11) is -3.50. The van der Waals surface area contributed by atoms with Gasteiger partial charge in [0.25, 0.3) is 5.91 Å². The topological polar surface area (TPSA) is 70.8 Å². The first kappa shape index (κ1) is 15.8. The summed E-state index contributed by atoms with van der Waals surface area (Å²) < 4.78 is 31.8. The summed E-state index contributed by atoms with van der Waals surface area (Å²) in [6.07, 6.45) is 0. The van der Waals surface area contributed by atoms with Crippen LogP contribution >= 0.6 is 0 Å². The van der Waals surface area contributed by atoms with E-state index in [1.54, 1.807) is 54.3 Å². The Morgan fingerprint density at radius 3 is 2.22 bits per heavy atom. The lowest BCUT2D eigenvalue weighted by molar-refractivity contribution is 0.0664. The number of piperazine rings is 1. The van der Waals surface area contributed by atoms with Crippen LogP contribution < -0.4 is 0 Å². The van der Waals surface area contributed by atoms with E-state index in [4.69, 9.17) is 4.42 Å². The molecule has 122 valence electrons. The highest BCUT2D eigenvalue weighted by atomic mass is 32.2. The highest BCUT2D eigenvalue weighted by molar-refractivity contribution is 7.89. The van der Waals surface area contributed by atoms with Crippen molar-refractivity contribution in [3.63, 3.8) is 0 Å².